The van der Waals surface area contributed by atoms with Crippen molar-refractivity contribution in [1.29, 1.82) is 0 Å². The van der Waals surface area contributed by atoms with Gasteiger partial charge in [-0.25, -0.2) is 9.78 Å². The van der Waals surface area contributed by atoms with Gasteiger partial charge in [-0.2, -0.15) is 0 Å². The fourth-order valence-corrected chi connectivity index (χ4v) is 2.38. The van der Waals surface area contributed by atoms with E-state index in [9.17, 15) is 9.59 Å². The number of hydrogen-bond acceptors (Lipinski definition) is 5. The maximum Gasteiger partial charge on any atom is 0.326 e. The van der Waals surface area contributed by atoms with E-state index < -0.39 is 17.9 Å². The zero-order valence-corrected chi connectivity index (χ0v) is 10.8. The highest BCUT2D eigenvalue weighted by Crippen LogP contribution is 2.11. The highest BCUT2D eigenvalue weighted by Gasteiger charge is 2.19. The van der Waals surface area contributed by atoms with Crippen molar-refractivity contribution in [3.63, 3.8) is 0 Å². The maximum absolute atomic E-state index is 11.7. The Hall–Kier alpha value is -1.93. The molecule has 0 aliphatic rings. The van der Waals surface area contributed by atoms with E-state index in [-0.39, 0.29) is 19.4 Å². The molecular weight excluding hydrogens is 270 g/mol. The van der Waals surface area contributed by atoms with Crippen LogP contribution in [-0.2, 0) is 16.0 Å². The molecule has 0 aliphatic carbocycles. The number of hydrogen-bond donors (Lipinski definition) is 3. The Labute approximate surface area is 112 Å². The van der Waals surface area contributed by atoms with Gasteiger partial charge in [0.1, 0.15) is 6.04 Å². The van der Waals surface area contributed by atoms with Gasteiger partial charge in [0.25, 0.3) is 0 Å². The van der Waals surface area contributed by atoms with Crippen LogP contribution in [0.2, 0.25) is 0 Å². The number of thiazole rings is 1. The van der Waals surface area contributed by atoms with Crippen molar-refractivity contribution in [2.45, 2.75) is 18.9 Å². The summed E-state index contributed by atoms with van der Waals surface area (Å²) in [5.74, 6) is -1.58. The fourth-order valence-electron chi connectivity index (χ4n) is 1.66. The SMILES string of the molecule is O=C(Cc1cn2ccsc2n1)NC(CCO)C(=O)O. The van der Waals surface area contributed by atoms with Gasteiger partial charge in [-0.1, -0.05) is 0 Å². The topological polar surface area (TPSA) is 104 Å². The monoisotopic (exact) mass is 283 g/mol. The molecule has 0 saturated heterocycles. The first kappa shape index (κ1) is 13.5. The van der Waals surface area contributed by atoms with E-state index in [1.807, 2.05) is 11.6 Å². The predicted molar refractivity (Wildman–Crippen MR) is 68.0 cm³/mol. The van der Waals surface area contributed by atoms with Crippen LogP contribution in [0.3, 0.4) is 0 Å². The van der Waals surface area contributed by atoms with Crippen molar-refractivity contribution in [2.24, 2.45) is 0 Å². The van der Waals surface area contributed by atoms with Crippen molar-refractivity contribution in [1.82, 2.24) is 14.7 Å². The Morgan fingerprint density at radius 3 is 2.95 bits per heavy atom. The minimum absolute atomic E-state index is 0.0145. The van der Waals surface area contributed by atoms with Crippen LogP contribution >= 0.6 is 11.3 Å². The number of nitrogens with one attached hydrogen (secondary N) is 1. The molecule has 19 heavy (non-hydrogen) atoms. The molecule has 2 heterocycles. The van der Waals surface area contributed by atoms with Crippen LogP contribution in [0, 0.1) is 0 Å². The molecule has 0 bridgehead atoms. The first-order valence-corrected chi connectivity index (χ1v) is 6.52. The van der Waals surface area contributed by atoms with Gasteiger partial charge in [0.05, 0.1) is 12.1 Å². The summed E-state index contributed by atoms with van der Waals surface area (Å²) in [5.41, 5.74) is 0.581. The Balaban J connectivity index is 1.96. The van der Waals surface area contributed by atoms with Crippen LogP contribution in [0.5, 0.6) is 0 Å². The second-order valence-electron chi connectivity index (χ2n) is 3.97. The summed E-state index contributed by atoms with van der Waals surface area (Å²) in [4.78, 5) is 27.6. The largest absolute Gasteiger partial charge is 0.480 e. The Morgan fingerprint density at radius 1 is 1.53 bits per heavy atom. The summed E-state index contributed by atoms with van der Waals surface area (Å²) in [6, 6.07) is -1.07. The summed E-state index contributed by atoms with van der Waals surface area (Å²) < 4.78 is 1.80. The number of carboxylic acid groups (broad SMARTS) is 1. The van der Waals surface area contributed by atoms with E-state index in [1.54, 1.807) is 10.6 Å². The van der Waals surface area contributed by atoms with Crippen molar-refractivity contribution in [3.8, 4) is 0 Å². The third-order valence-electron chi connectivity index (χ3n) is 2.54. The number of amides is 1. The minimum atomic E-state index is -1.16. The Morgan fingerprint density at radius 2 is 2.32 bits per heavy atom. The second-order valence-corrected chi connectivity index (χ2v) is 4.85. The molecule has 1 amide bonds. The molecule has 0 aliphatic heterocycles. The molecule has 1 unspecified atom stereocenters. The maximum atomic E-state index is 11.7. The number of fused-ring (bicyclic) bond motifs is 1. The number of aliphatic hydroxyl groups is 1. The molecule has 3 N–H and O–H groups in total. The van der Waals surface area contributed by atoms with Gasteiger partial charge < -0.3 is 15.5 Å². The fraction of sp³-hybridized carbons (Fsp3) is 0.364. The van der Waals surface area contributed by atoms with Gasteiger partial charge in [0, 0.05) is 30.8 Å². The molecule has 1 atom stereocenters. The van der Waals surface area contributed by atoms with Crippen LogP contribution in [0.25, 0.3) is 4.96 Å². The number of carboxylic acids is 1. The smallest absolute Gasteiger partial charge is 0.326 e. The van der Waals surface area contributed by atoms with E-state index in [2.05, 4.69) is 10.3 Å². The number of aliphatic hydroxyl groups excluding tert-OH is 1. The van der Waals surface area contributed by atoms with E-state index >= 15 is 0 Å². The predicted octanol–water partition coefficient (Wildman–Crippen LogP) is -0.110. The van der Waals surface area contributed by atoms with Crippen LogP contribution in [0.15, 0.2) is 17.8 Å². The molecule has 2 rings (SSSR count). The molecular formula is C11H13N3O4S. The molecule has 0 fully saturated rings. The lowest BCUT2D eigenvalue weighted by Gasteiger charge is -2.12. The number of rotatable bonds is 6. The standard InChI is InChI=1S/C11H13N3O4S/c15-3-1-8(10(17)18)13-9(16)5-7-6-14-2-4-19-11(14)12-7/h2,4,6,8,15H,1,3,5H2,(H,13,16)(H,17,18). The van der Waals surface area contributed by atoms with Gasteiger partial charge in [-0.3, -0.25) is 9.20 Å². The molecule has 8 heteroatoms. The van der Waals surface area contributed by atoms with Crippen LogP contribution < -0.4 is 5.32 Å². The average molecular weight is 283 g/mol. The third-order valence-corrected chi connectivity index (χ3v) is 3.31. The molecule has 7 nitrogen and oxygen atoms in total. The number of carbonyl (C=O) groups is 2. The molecule has 0 radical (unpaired) electrons. The van der Waals surface area contributed by atoms with Gasteiger partial charge in [0.2, 0.25) is 5.91 Å². The van der Waals surface area contributed by atoms with Crippen molar-refractivity contribution < 1.29 is 19.8 Å². The zero-order chi connectivity index (χ0) is 13.8. The van der Waals surface area contributed by atoms with Crippen molar-refractivity contribution in [3.05, 3.63) is 23.5 Å². The lowest BCUT2D eigenvalue weighted by molar-refractivity contribution is -0.142. The molecule has 0 spiro atoms. The van der Waals surface area contributed by atoms with Crippen LogP contribution in [-0.4, -0.2) is 44.1 Å². The normalized spacial score (nSPS) is 12.5. The number of carbonyl (C=O) groups excluding carboxylic acids is 1. The highest BCUT2D eigenvalue weighted by atomic mass is 32.1. The first-order chi connectivity index (χ1) is 9.10. The lowest BCUT2D eigenvalue weighted by Crippen LogP contribution is -2.42. The van der Waals surface area contributed by atoms with Gasteiger partial charge >= 0.3 is 5.97 Å². The Bertz CT molecular complexity index is 563. The van der Waals surface area contributed by atoms with Gasteiger partial charge in [-0.15, -0.1) is 11.3 Å². The molecule has 2 aromatic heterocycles. The zero-order valence-electron chi connectivity index (χ0n) is 9.94. The molecule has 0 saturated carbocycles. The molecule has 0 aromatic carbocycles. The second kappa shape index (κ2) is 5.81. The van der Waals surface area contributed by atoms with E-state index in [0.717, 1.165) is 4.96 Å². The van der Waals surface area contributed by atoms with E-state index in [4.69, 9.17) is 10.2 Å². The number of nitrogens with zero attached hydrogens (tertiary/aromatic N) is 2. The van der Waals surface area contributed by atoms with E-state index in [1.165, 1.54) is 11.3 Å². The van der Waals surface area contributed by atoms with Crippen molar-refractivity contribution >= 4 is 28.2 Å². The number of aromatic nitrogens is 2. The van der Waals surface area contributed by atoms with Crippen molar-refractivity contribution in [2.75, 3.05) is 6.61 Å². The first-order valence-electron chi connectivity index (χ1n) is 5.64. The highest BCUT2D eigenvalue weighted by molar-refractivity contribution is 7.15. The summed E-state index contributed by atoms with van der Waals surface area (Å²) in [6.45, 7) is -0.294. The molecule has 2 aromatic rings. The van der Waals surface area contributed by atoms with Crippen LogP contribution in [0.1, 0.15) is 12.1 Å². The summed E-state index contributed by atoms with van der Waals surface area (Å²) in [7, 11) is 0. The lowest BCUT2D eigenvalue weighted by atomic mass is 10.2. The average Bonchev–Trinajstić information content (AvgIpc) is 2.88. The quantitative estimate of drug-likeness (QED) is 0.686. The van der Waals surface area contributed by atoms with Gasteiger partial charge in [0.15, 0.2) is 4.96 Å². The van der Waals surface area contributed by atoms with Crippen LogP contribution in [0.4, 0.5) is 0 Å². The molecule has 102 valence electrons. The number of aliphatic carboxylic acids is 1. The summed E-state index contributed by atoms with van der Waals surface area (Å²) in [6.07, 6.45) is 3.57. The summed E-state index contributed by atoms with van der Waals surface area (Å²) >= 11 is 1.46. The summed E-state index contributed by atoms with van der Waals surface area (Å²) in [5, 5.41) is 21.8. The third kappa shape index (κ3) is 3.30. The van der Waals surface area contributed by atoms with Gasteiger partial charge in [-0.05, 0) is 0 Å². The number of imidazole rings is 1. The Kier molecular flexibility index (Phi) is 4.13. The van der Waals surface area contributed by atoms with E-state index in [0.29, 0.717) is 5.69 Å². The minimum Gasteiger partial charge on any atom is -0.480 e.